The lowest BCUT2D eigenvalue weighted by atomic mass is 10.0. The summed E-state index contributed by atoms with van der Waals surface area (Å²) in [6.07, 6.45) is 21.1. The van der Waals surface area contributed by atoms with Crippen molar-refractivity contribution in [1.29, 1.82) is 0 Å². The maximum atomic E-state index is 12.7. The number of carbonyl (C=O) groups excluding carboxylic acids is 2. The highest BCUT2D eigenvalue weighted by molar-refractivity contribution is 6.32. The first-order valence-corrected chi connectivity index (χ1v) is 10.1. The van der Waals surface area contributed by atoms with Gasteiger partial charge in [0, 0.05) is 62.3 Å². The molecule has 5 heterocycles. The fourth-order valence-corrected chi connectivity index (χ4v) is 3.64. The molecule has 0 saturated carbocycles. The zero-order valence-electron chi connectivity index (χ0n) is 17.0. The van der Waals surface area contributed by atoms with Crippen molar-refractivity contribution < 1.29 is 9.59 Å². The standard InChI is InChI=1S/C23H19N7O2/c31-19-6-1-2-7-24-13-16-4-3-5-17(12-16)25-14-18-20-21(28-23(18)32)26-15-27-22(20)30-10-8-29(19)9-11-30/h1-8,10,13-15H,9,11-12H2,(H,26,27,28,32)/b6-1+,7-2-,18-14-,24-13+,25-17+. The van der Waals surface area contributed by atoms with Crippen molar-refractivity contribution in [3.63, 3.8) is 0 Å². The van der Waals surface area contributed by atoms with Crippen LogP contribution in [0, 0.1) is 0 Å². The van der Waals surface area contributed by atoms with Gasteiger partial charge in [-0.25, -0.2) is 9.97 Å². The van der Waals surface area contributed by atoms with Crippen LogP contribution in [0.15, 0.2) is 83.1 Å². The summed E-state index contributed by atoms with van der Waals surface area (Å²) >= 11 is 0. The predicted molar refractivity (Wildman–Crippen MR) is 123 cm³/mol. The van der Waals surface area contributed by atoms with Gasteiger partial charge in [0.25, 0.3) is 11.8 Å². The van der Waals surface area contributed by atoms with E-state index in [1.54, 1.807) is 48.1 Å². The first-order valence-electron chi connectivity index (χ1n) is 10.1. The Labute approximate surface area is 184 Å². The number of nitrogens with zero attached hydrogens (tertiary/aromatic N) is 6. The Morgan fingerprint density at radius 3 is 2.72 bits per heavy atom. The highest BCUT2D eigenvalue weighted by Gasteiger charge is 2.31. The molecule has 0 atom stereocenters. The first-order chi connectivity index (χ1) is 15.7. The van der Waals surface area contributed by atoms with Gasteiger partial charge in [0.2, 0.25) is 0 Å². The van der Waals surface area contributed by atoms with Gasteiger partial charge in [-0.15, -0.1) is 0 Å². The van der Waals surface area contributed by atoms with E-state index in [-0.39, 0.29) is 11.8 Å². The summed E-state index contributed by atoms with van der Waals surface area (Å²) in [5, 5.41) is 2.78. The molecule has 0 radical (unpaired) electrons. The van der Waals surface area contributed by atoms with Gasteiger partial charge in [-0.05, 0) is 17.7 Å². The second kappa shape index (κ2) is 8.38. The van der Waals surface area contributed by atoms with Crippen molar-refractivity contribution in [1.82, 2.24) is 14.9 Å². The molecule has 9 nitrogen and oxygen atoms in total. The Kier molecular flexibility index (Phi) is 5.12. The summed E-state index contributed by atoms with van der Waals surface area (Å²) in [5.74, 6) is 0.634. The van der Waals surface area contributed by atoms with E-state index in [2.05, 4.69) is 25.3 Å². The third-order valence-corrected chi connectivity index (χ3v) is 5.24. The van der Waals surface area contributed by atoms with Gasteiger partial charge in [0.1, 0.15) is 18.0 Å². The van der Waals surface area contributed by atoms with Crippen LogP contribution in [0.3, 0.4) is 0 Å². The number of amides is 2. The molecule has 2 amide bonds. The lowest BCUT2D eigenvalue weighted by Crippen LogP contribution is -2.38. The Balaban J connectivity index is 1.59. The van der Waals surface area contributed by atoms with Crippen molar-refractivity contribution in [2.45, 2.75) is 6.42 Å². The van der Waals surface area contributed by atoms with Crippen molar-refractivity contribution in [2.75, 3.05) is 23.3 Å². The molecule has 32 heavy (non-hydrogen) atoms. The average Bonchev–Trinajstić information content (AvgIpc) is 3.14. The Morgan fingerprint density at radius 1 is 0.969 bits per heavy atom. The minimum Gasteiger partial charge on any atom is -0.329 e. The second-order valence-corrected chi connectivity index (χ2v) is 7.32. The van der Waals surface area contributed by atoms with Gasteiger partial charge >= 0.3 is 0 Å². The number of hydrogen-bond donors (Lipinski definition) is 1. The molecule has 0 saturated heterocycles. The molecule has 1 aromatic heterocycles. The number of fused-ring (bicyclic) bond motifs is 5. The zero-order chi connectivity index (χ0) is 21.9. The number of rotatable bonds is 0. The highest BCUT2D eigenvalue weighted by atomic mass is 16.2. The van der Waals surface area contributed by atoms with E-state index >= 15 is 0 Å². The number of aliphatic imine (C=N–C) groups is 2. The topological polar surface area (TPSA) is 103 Å². The second-order valence-electron chi connectivity index (χ2n) is 7.32. The van der Waals surface area contributed by atoms with E-state index in [4.69, 9.17) is 0 Å². The summed E-state index contributed by atoms with van der Waals surface area (Å²) in [6.45, 7) is 0.995. The predicted octanol–water partition coefficient (Wildman–Crippen LogP) is 2.37. The van der Waals surface area contributed by atoms with E-state index in [0.717, 1.165) is 11.3 Å². The summed E-state index contributed by atoms with van der Waals surface area (Å²) in [5.41, 5.74) is 2.79. The third kappa shape index (κ3) is 3.83. The molecular formula is C23H19N7O2. The quantitative estimate of drug-likeness (QED) is 0.687. The summed E-state index contributed by atoms with van der Waals surface area (Å²) in [6, 6.07) is 0. The van der Waals surface area contributed by atoms with Gasteiger partial charge in [0.15, 0.2) is 0 Å². The van der Waals surface area contributed by atoms with Gasteiger partial charge in [-0.2, -0.15) is 0 Å². The smallest absolute Gasteiger partial charge is 0.259 e. The molecule has 1 aliphatic carbocycles. The van der Waals surface area contributed by atoms with Crippen LogP contribution in [0.5, 0.6) is 0 Å². The van der Waals surface area contributed by atoms with Gasteiger partial charge in [-0.1, -0.05) is 18.2 Å². The minimum atomic E-state index is -0.276. The fourth-order valence-electron chi connectivity index (χ4n) is 3.64. The van der Waals surface area contributed by atoms with Crippen LogP contribution in [0.25, 0.3) is 5.57 Å². The monoisotopic (exact) mass is 425 g/mol. The van der Waals surface area contributed by atoms with E-state index in [1.165, 1.54) is 12.4 Å². The molecule has 0 spiro atoms. The lowest BCUT2D eigenvalue weighted by Gasteiger charge is -2.29. The number of carbonyl (C=O) groups is 2. The highest BCUT2D eigenvalue weighted by Crippen LogP contribution is 2.37. The Hall–Kier alpha value is -4.40. The molecule has 4 bridgehead atoms. The minimum absolute atomic E-state index is 0.129. The lowest BCUT2D eigenvalue weighted by molar-refractivity contribution is -0.123. The number of allylic oxidation sites excluding steroid dienone is 6. The molecule has 1 N–H and O–H groups in total. The van der Waals surface area contributed by atoms with E-state index < -0.39 is 0 Å². The summed E-state index contributed by atoms with van der Waals surface area (Å²) in [7, 11) is 0. The number of hydrogen-bond acceptors (Lipinski definition) is 7. The van der Waals surface area contributed by atoms with Crippen molar-refractivity contribution in [3.05, 3.63) is 78.7 Å². The Bertz CT molecular complexity index is 1230. The fraction of sp³-hybridized carbons (Fsp3) is 0.130. The maximum Gasteiger partial charge on any atom is 0.259 e. The molecule has 9 heteroatoms. The average molecular weight is 425 g/mol. The third-order valence-electron chi connectivity index (χ3n) is 5.24. The molecule has 0 unspecified atom stereocenters. The van der Waals surface area contributed by atoms with Crippen LogP contribution in [0.2, 0.25) is 0 Å². The van der Waals surface area contributed by atoms with Crippen LogP contribution in [-0.4, -0.2) is 51.7 Å². The molecule has 6 rings (SSSR count). The summed E-state index contributed by atoms with van der Waals surface area (Å²) in [4.78, 5) is 46.1. The molecule has 0 aromatic carbocycles. The normalized spacial score (nSPS) is 25.9. The van der Waals surface area contributed by atoms with Crippen molar-refractivity contribution in [3.8, 4) is 0 Å². The maximum absolute atomic E-state index is 12.7. The molecule has 0 fully saturated rings. The van der Waals surface area contributed by atoms with Crippen LogP contribution < -0.4 is 10.2 Å². The number of anilines is 2. The van der Waals surface area contributed by atoms with Gasteiger partial charge < -0.3 is 15.1 Å². The van der Waals surface area contributed by atoms with Crippen LogP contribution in [-0.2, 0) is 9.59 Å². The van der Waals surface area contributed by atoms with E-state index in [9.17, 15) is 9.59 Å². The van der Waals surface area contributed by atoms with Gasteiger partial charge in [-0.3, -0.25) is 19.6 Å². The van der Waals surface area contributed by atoms with E-state index in [0.29, 0.717) is 42.3 Å². The van der Waals surface area contributed by atoms with Gasteiger partial charge in [0.05, 0.1) is 11.1 Å². The Morgan fingerprint density at radius 2 is 1.84 bits per heavy atom. The molecular weight excluding hydrogens is 406 g/mol. The van der Waals surface area contributed by atoms with Crippen LogP contribution >= 0.6 is 0 Å². The molecule has 1 aromatic rings. The first kappa shape index (κ1) is 19.6. The van der Waals surface area contributed by atoms with Crippen LogP contribution in [0.4, 0.5) is 11.6 Å². The summed E-state index contributed by atoms with van der Waals surface area (Å²) < 4.78 is 0. The molecule has 4 aliphatic heterocycles. The van der Waals surface area contributed by atoms with Crippen molar-refractivity contribution >= 4 is 40.9 Å². The number of nitrogens with one attached hydrogen (secondary N) is 1. The molecule has 158 valence electrons. The van der Waals surface area contributed by atoms with Crippen molar-refractivity contribution in [2.24, 2.45) is 9.98 Å². The van der Waals surface area contributed by atoms with Crippen LogP contribution in [0.1, 0.15) is 12.0 Å². The largest absolute Gasteiger partial charge is 0.329 e. The van der Waals surface area contributed by atoms with E-state index in [1.807, 2.05) is 23.1 Å². The SMILES string of the molecule is O=C1Nc2ncnc3c2/C1=C/N=C1\C=CC=C(/C=N/C=C\C=C\C(=O)N2C=CN3CC2)C1. The zero-order valence-corrected chi connectivity index (χ0v) is 17.0. The number of aromatic nitrogens is 2. The molecule has 5 aliphatic rings.